The van der Waals surface area contributed by atoms with E-state index in [4.69, 9.17) is 20.8 Å². The molecule has 8 nitrogen and oxygen atoms in total. The van der Waals surface area contributed by atoms with E-state index in [2.05, 4.69) is 10.3 Å². The van der Waals surface area contributed by atoms with Gasteiger partial charge in [0.25, 0.3) is 0 Å². The van der Waals surface area contributed by atoms with Crippen LogP contribution in [0.25, 0.3) is 11.3 Å². The normalized spacial score (nSPS) is 14.8. The zero-order valence-corrected chi connectivity index (χ0v) is 19.7. The molecule has 0 aliphatic carbocycles. The maximum atomic E-state index is 13.0. The van der Waals surface area contributed by atoms with Gasteiger partial charge in [-0.2, -0.15) is 4.31 Å². The molecule has 2 heterocycles. The number of aromatic nitrogens is 1. The molecule has 0 radical (unpaired) electrons. The van der Waals surface area contributed by atoms with Gasteiger partial charge in [0.05, 0.1) is 24.3 Å². The standard InChI is InChI=1S/C23H24ClN3O5S/c1-16-2-7-19(14-21(16)33(29,30)27-10-12-31-13-11-27)26-22(28)8-9-23-25-15-20(32-23)17-3-5-18(24)6-4-17/h2-7,14-15H,8-13H2,1H3,(H,26,28). The Balaban J connectivity index is 1.39. The van der Waals surface area contributed by atoms with Crippen LogP contribution in [-0.2, 0) is 26.0 Å². The maximum Gasteiger partial charge on any atom is 0.243 e. The Hall–Kier alpha value is -2.72. The number of amides is 1. The fraction of sp³-hybridized carbons (Fsp3) is 0.304. The number of sulfonamides is 1. The number of hydrogen-bond donors (Lipinski definition) is 1. The van der Waals surface area contributed by atoms with Gasteiger partial charge in [-0.25, -0.2) is 13.4 Å². The number of oxazole rings is 1. The van der Waals surface area contributed by atoms with Crippen LogP contribution in [-0.4, -0.2) is 49.9 Å². The lowest BCUT2D eigenvalue weighted by atomic mass is 10.2. The lowest BCUT2D eigenvalue weighted by molar-refractivity contribution is -0.116. The fourth-order valence-electron chi connectivity index (χ4n) is 3.50. The van der Waals surface area contributed by atoms with Gasteiger partial charge in [-0.3, -0.25) is 4.79 Å². The van der Waals surface area contributed by atoms with Crippen molar-refractivity contribution >= 4 is 33.2 Å². The highest BCUT2D eigenvalue weighted by molar-refractivity contribution is 7.89. The summed E-state index contributed by atoms with van der Waals surface area (Å²) in [5.41, 5.74) is 1.89. The molecular weight excluding hydrogens is 466 g/mol. The molecule has 0 unspecified atom stereocenters. The van der Waals surface area contributed by atoms with Gasteiger partial charge in [0, 0.05) is 42.2 Å². The van der Waals surface area contributed by atoms with Crippen LogP contribution in [0.15, 0.2) is 58.0 Å². The van der Waals surface area contributed by atoms with E-state index in [0.717, 1.165) is 5.56 Å². The summed E-state index contributed by atoms with van der Waals surface area (Å²) in [6.45, 7) is 3.10. The molecule has 1 N–H and O–H groups in total. The molecule has 2 aromatic carbocycles. The molecule has 1 aliphatic rings. The quantitative estimate of drug-likeness (QED) is 0.540. The van der Waals surface area contributed by atoms with Gasteiger partial charge in [0.1, 0.15) is 0 Å². The summed E-state index contributed by atoms with van der Waals surface area (Å²) in [6.07, 6.45) is 2.06. The van der Waals surface area contributed by atoms with Crippen molar-refractivity contribution in [3.63, 3.8) is 0 Å². The molecule has 1 aromatic heterocycles. The summed E-state index contributed by atoms with van der Waals surface area (Å²) in [6, 6.07) is 12.1. The Morgan fingerprint density at radius 3 is 2.61 bits per heavy atom. The molecule has 1 saturated heterocycles. The number of rotatable bonds is 7. The van der Waals surface area contributed by atoms with Crippen LogP contribution in [0.3, 0.4) is 0 Å². The molecule has 4 rings (SSSR count). The topological polar surface area (TPSA) is 102 Å². The zero-order valence-electron chi connectivity index (χ0n) is 18.1. The van der Waals surface area contributed by atoms with Crippen molar-refractivity contribution in [2.75, 3.05) is 31.6 Å². The van der Waals surface area contributed by atoms with E-state index < -0.39 is 10.0 Å². The van der Waals surface area contributed by atoms with Crippen molar-refractivity contribution in [3.05, 3.63) is 65.1 Å². The number of carbonyl (C=O) groups is 1. The Bertz CT molecular complexity index is 1240. The Kier molecular flexibility index (Phi) is 7.14. The van der Waals surface area contributed by atoms with Gasteiger partial charge in [-0.15, -0.1) is 0 Å². The van der Waals surface area contributed by atoms with E-state index in [1.807, 2.05) is 12.1 Å². The molecule has 0 bridgehead atoms. The van der Waals surface area contributed by atoms with E-state index in [1.165, 1.54) is 10.4 Å². The largest absolute Gasteiger partial charge is 0.441 e. The molecule has 174 valence electrons. The highest BCUT2D eigenvalue weighted by Crippen LogP contribution is 2.25. The molecular formula is C23H24ClN3O5S. The highest BCUT2D eigenvalue weighted by atomic mass is 35.5. The third-order valence-electron chi connectivity index (χ3n) is 5.31. The van der Waals surface area contributed by atoms with Crippen molar-refractivity contribution in [1.82, 2.24) is 9.29 Å². The van der Waals surface area contributed by atoms with E-state index in [9.17, 15) is 13.2 Å². The van der Waals surface area contributed by atoms with Gasteiger partial charge in [-0.1, -0.05) is 17.7 Å². The lowest BCUT2D eigenvalue weighted by Crippen LogP contribution is -2.40. The van der Waals surface area contributed by atoms with Crippen molar-refractivity contribution in [2.24, 2.45) is 0 Å². The number of aryl methyl sites for hydroxylation is 2. The number of halogens is 1. The predicted molar refractivity (Wildman–Crippen MR) is 125 cm³/mol. The summed E-state index contributed by atoms with van der Waals surface area (Å²) < 4.78 is 38.4. The number of anilines is 1. The molecule has 0 saturated carbocycles. The first-order valence-electron chi connectivity index (χ1n) is 10.5. The maximum absolute atomic E-state index is 13.0. The van der Waals surface area contributed by atoms with Crippen molar-refractivity contribution < 1.29 is 22.4 Å². The van der Waals surface area contributed by atoms with Crippen LogP contribution >= 0.6 is 11.6 Å². The van der Waals surface area contributed by atoms with Crippen molar-refractivity contribution in [3.8, 4) is 11.3 Å². The van der Waals surface area contributed by atoms with Gasteiger partial charge < -0.3 is 14.5 Å². The summed E-state index contributed by atoms with van der Waals surface area (Å²) in [7, 11) is -3.66. The second-order valence-electron chi connectivity index (χ2n) is 7.67. The molecule has 10 heteroatoms. The number of nitrogens with zero attached hydrogens (tertiary/aromatic N) is 2. The smallest absolute Gasteiger partial charge is 0.243 e. The van der Waals surface area contributed by atoms with Gasteiger partial charge in [-0.05, 0) is 48.9 Å². The highest BCUT2D eigenvalue weighted by Gasteiger charge is 2.28. The zero-order chi connectivity index (χ0) is 23.4. The van der Waals surface area contributed by atoms with Gasteiger partial charge >= 0.3 is 0 Å². The van der Waals surface area contributed by atoms with Crippen LogP contribution in [0, 0.1) is 6.92 Å². The third kappa shape index (κ3) is 5.62. The van der Waals surface area contributed by atoms with Crippen LogP contribution in [0.5, 0.6) is 0 Å². The minimum Gasteiger partial charge on any atom is -0.441 e. The van der Waals surface area contributed by atoms with Crippen molar-refractivity contribution in [2.45, 2.75) is 24.7 Å². The summed E-state index contributed by atoms with van der Waals surface area (Å²) in [4.78, 5) is 16.9. The molecule has 0 atom stereocenters. The second-order valence-corrected chi connectivity index (χ2v) is 10.0. The molecule has 1 amide bonds. The Morgan fingerprint density at radius 1 is 1.15 bits per heavy atom. The number of benzene rings is 2. The average Bonchev–Trinajstić information content (AvgIpc) is 3.29. The Labute approximate surface area is 197 Å². The van der Waals surface area contributed by atoms with Crippen LogP contribution < -0.4 is 5.32 Å². The predicted octanol–water partition coefficient (Wildman–Crippen LogP) is 3.90. The third-order valence-corrected chi connectivity index (χ3v) is 7.60. The van der Waals surface area contributed by atoms with E-state index >= 15 is 0 Å². The van der Waals surface area contributed by atoms with E-state index in [-0.39, 0.29) is 17.2 Å². The summed E-state index contributed by atoms with van der Waals surface area (Å²) in [5.74, 6) is 0.771. The van der Waals surface area contributed by atoms with E-state index in [1.54, 1.807) is 37.4 Å². The minimum atomic E-state index is -3.66. The first-order valence-corrected chi connectivity index (χ1v) is 12.3. The summed E-state index contributed by atoms with van der Waals surface area (Å²) >= 11 is 5.91. The average molecular weight is 490 g/mol. The molecule has 1 aliphatic heterocycles. The number of hydrogen-bond acceptors (Lipinski definition) is 6. The van der Waals surface area contributed by atoms with E-state index in [0.29, 0.717) is 60.6 Å². The number of nitrogens with one attached hydrogen (secondary N) is 1. The number of carbonyl (C=O) groups excluding carboxylic acids is 1. The monoisotopic (exact) mass is 489 g/mol. The van der Waals surface area contributed by atoms with Gasteiger partial charge in [0.15, 0.2) is 11.7 Å². The van der Waals surface area contributed by atoms with Crippen molar-refractivity contribution in [1.29, 1.82) is 0 Å². The first-order chi connectivity index (χ1) is 15.8. The minimum absolute atomic E-state index is 0.139. The molecule has 0 spiro atoms. The first kappa shape index (κ1) is 23.4. The molecule has 3 aromatic rings. The Morgan fingerprint density at radius 2 is 1.88 bits per heavy atom. The molecule has 33 heavy (non-hydrogen) atoms. The van der Waals surface area contributed by atoms with Crippen LogP contribution in [0.1, 0.15) is 17.9 Å². The van der Waals surface area contributed by atoms with Crippen LogP contribution in [0.4, 0.5) is 5.69 Å². The molecule has 1 fully saturated rings. The van der Waals surface area contributed by atoms with Gasteiger partial charge in [0.2, 0.25) is 15.9 Å². The second kappa shape index (κ2) is 10.0. The SMILES string of the molecule is Cc1ccc(NC(=O)CCc2ncc(-c3ccc(Cl)cc3)o2)cc1S(=O)(=O)N1CCOCC1. The summed E-state index contributed by atoms with van der Waals surface area (Å²) in [5, 5.41) is 3.40. The lowest BCUT2D eigenvalue weighted by Gasteiger charge is -2.26. The van der Waals surface area contributed by atoms with Crippen LogP contribution in [0.2, 0.25) is 5.02 Å². The fourth-order valence-corrected chi connectivity index (χ4v) is 5.28. The number of ether oxygens (including phenoxy) is 1. The number of morpholine rings is 1.